The average Bonchev–Trinajstić information content (AvgIpc) is 2.69. The van der Waals surface area contributed by atoms with Gasteiger partial charge in [-0.1, -0.05) is 24.3 Å². The van der Waals surface area contributed by atoms with E-state index >= 15 is 0 Å². The summed E-state index contributed by atoms with van der Waals surface area (Å²) in [5.41, 5.74) is 1.68. The van der Waals surface area contributed by atoms with Gasteiger partial charge in [-0.3, -0.25) is 0 Å². The van der Waals surface area contributed by atoms with Gasteiger partial charge in [0, 0.05) is 12.8 Å². The SMILES string of the molecule is COCCOCc1cccc(NC(=O)NCCOc2ccccc2OC)c1. The molecule has 2 rings (SSSR count). The van der Waals surface area contributed by atoms with Crippen molar-refractivity contribution in [2.75, 3.05) is 45.9 Å². The number of para-hydroxylation sites is 2. The minimum atomic E-state index is -0.295. The van der Waals surface area contributed by atoms with E-state index < -0.39 is 0 Å². The lowest BCUT2D eigenvalue weighted by Crippen LogP contribution is -2.32. The highest BCUT2D eigenvalue weighted by Crippen LogP contribution is 2.25. The van der Waals surface area contributed by atoms with Crippen LogP contribution in [0.2, 0.25) is 0 Å². The molecule has 2 amide bonds. The Hall–Kier alpha value is -2.77. The van der Waals surface area contributed by atoms with Gasteiger partial charge in [0.25, 0.3) is 0 Å². The van der Waals surface area contributed by atoms with Crippen LogP contribution >= 0.6 is 0 Å². The van der Waals surface area contributed by atoms with Gasteiger partial charge >= 0.3 is 6.03 Å². The molecule has 0 heterocycles. The third-order valence-electron chi connectivity index (χ3n) is 3.60. The van der Waals surface area contributed by atoms with Crippen molar-refractivity contribution in [3.63, 3.8) is 0 Å². The van der Waals surface area contributed by atoms with Crippen molar-refractivity contribution in [2.24, 2.45) is 0 Å². The smallest absolute Gasteiger partial charge is 0.319 e. The van der Waals surface area contributed by atoms with Crippen molar-refractivity contribution in [3.05, 3.63) is 54.1 Å². The van der Waals surface area contributed by atoms with E-state index in [0.29, 0.717) is 50.2 Å². The molecule has 0 aliphatic rings. The number of hydrogen-bond acceptors (Lipinski definition) is 5. The van der Waals surface area contributed by atoms with Gasteiger partial charge in [0.05, 0.1) is 33.5 Å². The fraction of sp³-hybridized carbons (Fsp3) is 0.350. The Morgan fingerprint density at radius 2 is 1.78 bits per heavy atom. The Labute approximate surface area is 159 Å². The van der Waals surface area contributed by atoms with Crippen LogP contribution in [0, 0.1) is 0 Å². The minimum Gasteiger partial charge on any atom is -0.493 e. The van der Waals surface area contributed by atoms with Crippen LogP contribution in [-0.4, -0.2) is 46.6 Å². The maximum atomic E-state index is 12.0. The summed E-state index contributed by atoms with van der Waals surface area (Å²) >= 11 is 0. The zero-order valence-corrected chi connectivity index (χ0v) is 15.7. The third-order valence-corrected chi connectivity index (χ3v) is 3.60. The number of benzene rings is 2. The zero-order chi connectivity index (χ0) is 19.3. The Kier molecular flexibility index (Phi) is 8.95. The summed E-state index contributed by atoms with van der Waals surface area (Å²) in [6.07, 6.45) is 0. The first-order chi connectivity index (χ1) is 13.2. The normalized spacial score (nSPS) is 10.3. The number of anilines is 1. The standard InChI is InChI=1S/C20H26N2O5/c1-24-12-13-26-15-16-6-5-7-17(14-16)22-20(23)21-10-11-27-19-9-4-3-8-18(19)25-2/h3-9,14H,10-13,15H2,1-2H3,(H2,21,22,23). The first-order valence-electron chi connectivity index (χ1n) is 8.69. The minimum absolute atomic E-state index is 0.295. The van der Waals surface area contributed by atoms with E-state index in [9.17, 15) is 4.79 Å². The molecule has 0 spiro atoms. The lowest BCUT2D eigenvalue weighted by Gasteiger charge is -2.12. The molecule has 2 aromatic rings. The lowest BCUT2D eigenvalue weighted by molar-refractivity contribution is 0.0617. The fourth-order valence-electron chi connectivity index (χ4n) is 2.31. The fourth-order valence-corrected chi connectivity index (χ4v) is 2.31. The van der Waals surface area contributed by atoms with Crippen molar-refractivity contribution >= 4 is 11.7 Å². The molecular formula is C20H26N2O5. The van der Waals surface area contributed by atoms with E-state index in [1.165, 1.54) is 0 Å². The van der Waals surface area contributed by atoms with Crippen molar-refractivity contribution in [3.8, 4) is 11.5 Å². The van der Waals surface area contributed by atoms with Crippen LogP contribution in [0.5, 0.6) is 11.5 Å². The van der Waals surface area contributed by atoms with Gasteiger partial charge in [0.1, 0.15) is 6.61 Å². The number of carbonyl (C=O) groups is 1. The Bertz CT molecular complexity index is 708. The van der Waals surface area contributed by atoms with E-state index in [0.717, 1.165) is 5.56 Å². The van der Waals surface area contributed by atoms with E-state index in [-0.39, 0.29) is 6.03 Å². The number of rotatable bonds is 11. The molecule has 0 aromatic heterocycles. The third kappa shape index (κ3) is 7.55. The van der Waals surface area contributed by atoms with E-state index in [1.54, 1.807) is 14.2 Å². The first kappa shape index (κ1) is 20.5. The van der Waals surface area contributed by atoms with Gasteiger partial charge in [0.2, 0.25) is 0 Å². The molecule has 0 radical (unpaired) electrons. The number of urea groups is 1. The summed E-state index contributed by atoms with van der Waals surface area (Å²) in [5, 5.41) is 5.55. The molecule has 146 valence electrons. The van der Waals surface area contributed by atoms with Crippen LogP contribution in [0.1, 0.15) is 5.56 Å². The molecule has 0 aliphatic heterocycles. The van der Waals surface area contributed by atoms with Crippen molar-refractivity contribution in [2.45, 2.75) is 6.61 Å². The van der Waals surface area contributed by atoms with Crippen LogP contribution in [-0.2, 0) is 16.1 Å². The Balaban J connectivity index is 1.71. The largest absolute Gasteiger partial charge is 0.493 e. The van der Waals surface area contributed by atoms with Crippen molar-refractivity contribution < 1.29 is 23.7 Å². The summed E-state index contributed by atoms with van der Waals surface area (Å²) in [6, 6.07) is 14.6. The van der Waals surface area contributed by atoms with E-state index in [2.05, 4.69) is 10.6 Å². The molecule has 0 unspecified atom stereocenters. The number of ether oxygens (including phenoxy) is 4. The van der Waals surface area contributed by atoms with Crippen LogP contribution < -0.4 is 20.1 Å². The molecule has 0 saturated heterocycles. The summed E-state index contributed by atoms with van der Waals surface area (Å²) in [7, 11) is 3.22. The Morgan fingerprint density at radius 1 is 0.963 bits per heavy atom. The number of hydrogen-bond donors (Lipinski definition) is 2. The molecule has 0 atom stereocenters. The lowest BCUT2D eigenvalue weighted by atomic mass is 10.2. The van der Waals surface area contributed by atoms with Gasteiger partial charge in [0.15, 0.2) is 11.5 Å². The van der Waals surface area contributed by atoms with E-state index in [1.807, 2.05) is 48.5 Å². The van der Waals surface area contributed by atoms with Crippen LogP contribution in [0.15, 0.2) is 48.5 Å². The average molecular weight is 374 g/mol. The number of carbonyl (C=O) groups excluding carboxylic acids is 1. The van der Waals surface area contributed by atoms with Crippen LogP contribution in [0.4, 0.5) is 10.5 Å². The molecule has 7 heteroatoms. The molecule has 2 aromatic carbocycles. The number of nitrogens with one attached hydrogen (secondary N) is 2. The summed E-state index contributed by atoms with van der Waals surface area (Å²) in [5.74, 6) is 1.30. The predicted octanol–water partition coefficient (Wildman–Crippen LogP) is 3.06. The van der Waals surface area contributed by atoms with Gasteiger partial charge < -0.3 is 29.6 Å². The summed E-state index contributed by atoms with van der Waals surface area (Å²) in [6.45, 7) is 2.25. The monoisotopic (exact) mass is 374 g/mol. The highest BCUT2D eigenvalue weighted by molar-refractivity contribution is 5.89. The molecule has 0 aliphatic carbocycles. The highest BCUT2D eigenvalue weighted by Gasteiger charge is 2.04. The van der Waals surface area contributed by atoms with Crippen LogP contribution in [0.3, 0.4) is 0 Å². The second kappa shape index (κ2) is 11.8. The molecule has 0 fully saturated rings. The first-order valence-corrected chi connectivity index (χ1v) is 8.69. The van der Waals surface area contributed by atoms with Crippen molar-refractivity contribution in [1.82, 2.24) is 5.32 Å². The van der Waals surface area contributed by atoms with Gasteiger partial charge in [-0.25, -0.2) is 4.79 Å². The molecule has 0 saturated carbocycles. The van der Waals surface area contributed by atoms with Gasteiger partial charge in [-0.2, -0.15) is 0 Å². The zero-order valence-electron chi connectivity index (χ0n) is 15.7. The number of amides is 2. The van der Waals surface area contributed by atoms with Crippen molar-refractivity contribution in [1.29, 1.82) is 0 Å². The Morgan fingerprint density at radius 3 is 2.56 bits per heavy atom. The molecule has 2 N–H and O–H groups in total. The molecule has 27 heavy (non-hydrogen) atoms. The molecular weight excluding hydrogens is 348 g/mol. The highest BCUT2D eigenvalue weighted by atomic mass is 16.5. The summed E-state index contributed by atoms with van der Waals surface area (Å²) < 4.78 is 21.2. The summed E-state index contributed by atoms with van der Waals surface area (Å²) in [4.78, 5) is 12.0. The van der Waals surface area contributed by atoms with Gasteiger partial charge in [-0.15, -0.1) is 0 Å². The van der Waals surface area contributed by atoms with E-state index in [4.69, 9.17) is 18.9 Å². The second-order valence-electron chi connectivity index (χ2n) is 5.63. The molecule has 0 bridgehead atoms. The van der Waals surface area contributed by atoms with Crippen LogP contribution in [0.25, 0.3) is 0 Å². The second-order valence-corrected chi connectivity index (χ2v) is 5.63. The topological polar surface area (TPSA) is 78.1 Å². The maximum absolute atomic E-state index is 12.0. The maximum Gasteiger partial charge on any atom is 0.319 e. The predicted molar refractivity (Wildman–Crippen MR) is 103 cm³/mol. The molecule has 7 nitrogen and oxygen atoms in total. The number of methoxy groups -OCH3 is 2. The quantitative estimate of drug-likeness (QED) is 0.591. The van der Waals surface area contributed by atoms with Gasteiger partial charge in [-0.05, 0) is 29.8 Å².